The molecule has 30 heteroatoms. The van der Waals surface area contributed by atoms with Crippen molar-refractivity contribution < 1.29 is 47.7 Å². The number of aromatic nitrogens is 8. The SMILES string of the molecule is COC(=O)[C@H](CCC(=O)NCCCCCN(CCCCCNC(=O)CC[C@@H](NC(=O)c1ccc(N(C)Cc2cnc3nc(N)nc(N)c3n2)cc1)C(=O)OC)CCOCCOCCN)NC(=O)c1ccc(N(C)Cc2cnc3nc(N)nc(N)c3n2)cc1. The summed E-state index contributed by atoms with van der Waals surface area (Å²) in [7, 11) is 6.15. The van der Waals surface area contributed by atoms with Crippen LogP contribution < -0.4 is 59.7 Å². The minimum absolute atomic E-state index is 0.00740. The topological polar surface area (TPSA) is 430 Å². The molecular weight excluding hydrogens is 1140 g/mol. The molecule has 0 radical (unpaired) electrons. The minimum atomic E-state index is -1.05. The molecule has 14 N–H and O–H groups in total. The van der Waals surface area contributed by atoms with Crippen molar-refractivity contribution in [3.05, 3.63) is 83.4 Å². The Hall–Kier alpha value is -9.26. The summed E-state index contributed by atoms with van der Waals surface area (Å²) in [6.07, 6.45) is 8.16. The predicted molar refractivity (Wildman–Crippen MR) is 331 cm³/mol. The van der Waals surface area contributed by atoms with Crippen LogP contribution in [-0.2, 0) is 51.2 Å². The Balaban J connectivity index is 0.856. The molecule has 0 aliphatic rings. The van der Waals surface area contributed by atoms with E-state index in [9.17, 15) is 28.8 Å². The van der Waals surface area contributed by atoms with Crippen molar-refractivity contribution >= 4 is 92.8 Å². The first kappa shape index (κ1) is 67.9. The lowest BCUT2D eigenvalue weighted by Crippen LogP contribution is -2.42. The van der Waals surface area contributed by atoms with Crippen LogP contribution in [0.3, 0.4) is 0 Å². The largest absolute Gasteiger partial charge is 0.467 e. The molecule has 30 nitrogen and oxygen atoms in total. The molecule has 0 saturated heterocycles. The van der Waals surface area contributed by atoms with Gasteiger partial charge in [0.15, 0.2) is 34.0 Å². The molecule has 6 rings (SSSR count). The summed E-state index contributed by atoms with van der Waals surface area (Å²) in [6, 6.07) is 11.5. The monoisotopic (exact) mass is 1220 g/mol. The molecule has 4 amide bonds. The number of unbranched alkanes of at least 4 members (excludes halogenated alkanes) is 4. The fourth-order valence-electron chi connectivity index (χ4n) is 9.18. The number of carbonyl (C=O) groups is 6. The van der Waals surface area contributed by atoms with Gasteiger partial charge in [-0.05, 0) is 100 Å². The summed E-state index contributed by atoms with van der Waals surface area (Å²) >= 11 is 0. The van der Waals surface area contributed by atoms with Crippen molar-refractivity contribution in [3.63, 3.8) is 0 Å². The van der Waals surface area contributed by atoms with Crippen molar-refractivity contribution in [3.8, 4) is 0 Å². The number of nitrogens with zero attached hydrogens (tertiary/aromatic N) is 11. The van der Waals surface area contributed by atoms with Gasteiger partial charge in [-0.15, -0.1) is 0 Å². The van der Waals surface area contributed by atoms with E-state index in [1.165, 1.54) is 14.2 Å². The molecule has 2 aromatic carbocycles. The second kappa shape index (κ2) is 35.4. The highest BCUT2D eigenvalue weighted by Crippen LogP contribution is 2.22. The molecule has 474 valence electrons. The number of fused-ring (bicyclic) bond motifs is 2. The standard InChI is InChI=1S/C58H82N20O10/c1-76(35-39-33-66-51-47(68-39)49(60)72-57(62)74-51)41-15-11-37(12-16-41)53(81)70-43(55(83)85-3)19-21-45(79)64-24-7-5-9-26-78(28-30-88-32-31-87-29-23-59)27-10-6-8-25-65-46(80)22-20-44(56(84)86-4)71-54(82)38-13-17-42(18-14-38)77(2)36-40-34-67-52-48(69-40)50(61)73-58(63)75-52/h11-18,33-34,43-44H,5-10,19-32,35-36,59H2,1-4H3,(H,64,79)(H,65,80)(H,70,81)(H,71,82)(H4,60,62,66,72,74)(H4,61,63,67,73,75)/t43-,44+. The van der Waals surface area contributed by atoms with Crippen LogP contribution in [0, 0.1) is 0 Å². The first-order valence-electron chi connectivity index (χ1n) is 29.0. The van der Waals surface area contributed by atoms with Crippen LogP contribution in [0.15, 0.2) is 60.9 Å². The molecule has 0 unspecified atom stereocenters. The Morgan fingerprint density at radius 1 is 0.523 bits per heavy atom. The normalized spacial score (nSPS) is 11.9. The second-order valence-electron chi connectivity index (χ2n) is 20.7. The smallest absolute Gasteiger partial charge is 0.328 e. The predicted octanol–water partition coefficient (Wildman–Crippen LogP) is 1.42. The van der Waals surface area contributed by atoms with E-state index in [1.54, 1.807) is 60.9 Å². The molecule has 0 bridgehead atoms. The van der Waals surface area contributed by atoms with E-state index in [1.807, 2.05) is 23.9 Å². The van der Waals surface area contributed by atoms with Gasteiger partial charge in [0, 0.05) is 75.6 Å². The zero-order valence-corrected chi connectivity index (χ0v) is 50.4. The number of hydrogen-bond acceptors (Lipinski definition) is 26. The zero-order chi connectivity index (χ0) is 63.4. The van der Waals surface area contributed by atoms with Crippen molar-refractivity contribution in [1.29, 1.82) is 0 Å². The van der Waals surface area contributed by atoms with Gasteiger partial charge in [-0.2, -0.15) is 19.9 Å². The number of esters is 2. The van der Waals surface area contributed by atoms with Gasteiger partial charge in [0.25, 0.3) is 11.8 Å². The summed E-state index contributed by atoms with van der Waals surface area (Å²) in [6.45, 7) is 6.31. The van der Waals surface area contributed by atoms with Gasteiger partial charge in [-0.3, -0.25) is 19.2 Å². The average Bonchev–Trinajstić information content (AvgIpc) is 3.67. The van der Waals surface area contributed by atoms with E-state index in [2.05, 4.69) is 66.0 Å². The van der Waals surface area contributed by atoms with Crippen molar-refractivity contribution in [2.45, 2.75) is 89.4 Å². The first-order chi connectivity index (χ1) is 42.4. The fraction of sp³-hybridized carbons (Fsp3) is 0.483. The van der Waals surface area contributed by atoms with E-state index in [0.29, 0.717) is 111 Å². The van der Waals surface area contributed by atoms with Gasteiger partial charge in [-0.1, -0.05) is 12.8 Å². The number of methoxy groups -OCH3 is 2. The number of rotatable bonds is 38. The highest BCUT2D eigenvalue weighted by Gasteiger charge is 2.25. The maximum atomic E-state index is 13.3. The zero-order valence-electron chi connectivity index (χ0n) is 50.4. The molecule has 0 fully saturated rings. The van der Waals surface area contributed by atoms with Gasteiger partial charge < -0.3 is 83.6 Å². The maximum absolute atomic E-state index is 13.3. The van der Waals surface area contributed by atoms with Crippen LogP contribution in [0.4, 0.5) is 34.9 Å². The van der Waals surface area contributed by atoms with Crippen LogP contribution >= 0.6 is 0 Å². The fourth-order valence-corrected chi connectivity index (χ4v) is 9.18. The molecule has 0 spiro atoms. The van der Waals surface area contributed by atoms with Gasteiger partial charge in [0.2, 0.25) is 23.7 Å². The van der Waals surface area contributed by atoms with Crippen molar-refractivity contribution in [1.82, 2.24) is 66.0 Å². The van der Waals surface area contributed by atoms with E-state index in [0.717, 1.165) is 63.0 Å². The number of ether oxygens (including phenoxy) is 4. The Labute approximate surface area is 510 Å². The van der Waals surface area contributed by atoms with Crippen LogP contribution in [0.25, 0.3) is 22.3 Å². The third-order valence-corrected chi connectivity index (χ3v) is 14.0. The lowest BCUT2D eigenvalue weighted by atomic mass is 10.1. The number of nitrogens with one attached hydrogen (secondary N) is 4. The number of carbonyl (C=O) groups excluding carboxylic acids is 6. The summed E-state index contributed by atoms with van der Waals surface area (Å²) in [5.74, 6) is -2.57. The number of nitrogens with two attached hydrogens (primary N) is 5. The molecule has 0 saturated carbocycles. The summed E-state index contributed by atoms with van der Waals surface area (Å²) in [4.78, 5) is 118. The number of amides is 4. The molecule has 2 atom stereocenters. The molecule has 88 heavy (non-hydrogen) atoms. The average molecular weight is 1220 g/mol. The highest BCUT2D eigenvalue weighted by molar-refractivity contribution is 5.98. The summed E-state index contributed by atoms with van der Waals surface area (Å²) in [5, 5.41) is 11.3. The third-order valence-electron chi connectivity index (χ3n) is 14.0. The van der Waals surface area contributed by atoms with E-state index >= 15 is 0 Å². The Bertz CT molecular complexity index is 3050. The number of hydrogen-bond donors (Lipinski definition) is 9. The lowest BCUT2D eigenvalue weighted by Gasteiger charge is -2.22. The summed E-state index contributed by atoms with van der Waals surface area (Å²) < 4.78 is 21.1. The van der Waals surface area contributed by atoms with Crippen molar-refractivity contribution in [2.75, 3.05) is 127 Å². The maximum Gasteiger partial charge on any atom is 0.328 e. The summed E-state index contributed by atoms with van der Waals surface area (Å²) in [5.41, 5.74) is 33.5. The van der Waals surface area contributed by atoms with Gasteiger partial charge in [0.1, 0.15) is 12.1 Å². The van der Waals surface area contributed by atoms with Gasteiger partial charge in [0.05, 0.1) is 77.5 Å². The number of nitrogen functional groups attached to an aromatic ring is 4. The second-order valence-corrected chi connectivity index (χ2v) is 20.7. The molecule has 6 aromatic rings. The van der Waals surface area contributed by atoms with Crippen LogP contribution in [0.5, 0.6) is 0 Å². The lowest BCUT2D eigenvalue weighted by molar-refractivity contribution is -0.144. The molecular formula is C58H82N20O10. The van der Waals surface area contributed by atoms with E-state index in [-0.39, 0.29) is 61.0 Å². The van der Waals surface area contributed by atoms with Gasteiger partial charge in [-0.25, -0.2) is 29.5 Å². The van der Waals surface area contributed by atoms with Crippen LogP contribution in [-0.4, -0.2) is 186 Å². The number of anilines is 6. The minimum Gasteiger partial charge on any atom is -0.467 e. The Morgan fingerprint density at radius 3 is 1.35 bits per heavy atom. The first-order valence-corrected chi connectivity index (χ1v) is 29.0. The molecule has 0 aliphatic carbocycles. The quantitative estimate of drug-likeness (QED) is 0.0195. The molecule has 4 aromatic heterocycles. The highest BCUT2D eigenvalue weighted by atomic mass is 16.5. The Kier molecular flexibility index (Phi) is 27.3. The van der Waals surface area contributed by atoms with Crippen LogP contribution in [0.1, 0.15) is 96.3 Å². The van der Waals surface area contributed by atoms with E-state index in [4.69, 9.17) is 47.6 Å². The van der Waals surface area contributed by atoms with Crippen LogP contribution in [0.2, 0.25) is 0 Å². The molecule has 0 aliphatic heterocycles. The number of benzene rings is 2. The Morgan fingerprint density at radius 2 is 0.943 bits per heavy atom. The van der Waals surface area contributed by atoms with Crippen molar-refractivity contribution in [2.24, 2.45) is 5.73 Å². The molecule has 4 heterocycles. The third kappa shape index (κ3) is 21.9. The van der Waals surface area contributed by atoms with E-state index < -0.39 is 35.8 Å². The van der Waals surface area contributed by atoms with Gasteiger partial charge >= 0.3 is 11.9 Å².